The van der Waals surface area contributed by atoms with Crippen LogP contribution in [0.3, 0.4) is 0 Å². The van der Waals surface area contributed by atoms with Gasteiger partial charge in [0.15, 0.2) is 0 Å². The summed E-state index contributed by atoms with van der Waals surface area (Å²) >= 11 is 3.39. The second kappa shape index (κ2) is 4.70. The highest BCUT2D eigenvalue weighted by Gasteiger charge is 2.26. The van der Waals surface area contributed by atoms with E-state index in [1.165, 1.54) is 0 Å². The number of hydrogen-bond acceptors (Lipinski definition) is 2. The highest BCUT2D eigenvalue weighted by Crippen LogP contribution is 2.33. The Morgan fingerprint density at radius 3 is 2.79 bits per heavy atom. The molecule has 19 heavy (non-hydrogen) atoms. The van der Waals surface area contributed by atoms with Crippen molar-refractivity contribution in [2.45, 2.75) is 6.42 Å². The molecule has 1 aliphatic rings. The molecule has 0 radical (unpaired) electrons. The molecule has 1 aliphatic heterocycles. The van der Waals surface area contributed by atoms with E-state index in [0.29, 0.717) is 12.1 Å². The number of fused-ring (bicyclic) bond motifs is 1. The maximum absolute atomic E-state index is 12.5. The molecular weight excluding hydrogens is 304 g/mol. The van der Waals surface area contributed by atoms with Crippen LogP contribution in [0.1, 0.15) is 15.9 Å². The third-order valence-electron chi connectivity index (χ3n) is 3.38. The van der Waals surface area contributed by atoms with Gasteiger partial charge in [-0.15, -0.1) is 0 Å². The third kappa shape index (κ3) is 2.12. The standard InChI is InChI=1S/C15H13BrN2O/c16-11-4-1-3-10(9-11)15(19)18-8-7-12-13(17)5-2-6-14(12)18/h1-6,9H,7-8,17H2. The molecule has 0 spiro atoms. The van der Waals surface area contributed by atoms with Crippen LogP contribution in [0.2, 0.25) is 0 Å². The molecule has 3 rings (SSSR count). The molecule has 2 N–H and O–H groups in total. The molecule has 2 aromatic carbocycles. The van der Waals surface area contributed by atoms with Gasteiger partial charge in [0.2, 0.25) is 0 Å². The Kier molecular flexibility index (Phi) is 3.03. The van der Waals surface area contributed by atoms with Gasteiger partial charge in [-0.1, -0.05) is 28.1 Å². The Morgan fingerprint density at radius 2 is 2.00 bits per heavy atom. The molecule has 0 fully saturated rings. The first kappa shape index (κ1) is 12.2. The van der Waals surface area contributed by atoms with Crippen LogP contribution in [0, 0.1) is 0 Å². The van der Waals surface area contributed by atoms with Crippen LogP contribution < -0.4 is 10.6 Å². The molecular formula is C15H13BrN2O. The molecule has 2 aromatic rings. The number of rotatable bonds is 1. The Morgan fingerprint density at radius 1 is 1.21 bits per heavy atom. The number of hydrogen-bond donors (Lipinski definition) is 1. The van der Waals surface area contributed by atoms with Crippen LogP contribution in [-0.4, -0.2) is 12.5 Å². The van der Waals surface area contributed by atoms with Crippen LogP contribution >= 0.6 is 15.9 Å². The minimum atomic E-state index is 0.0191. The summed E-state index contributed by atoms with van der Waals surface area (Å²) < 4.78 is 0.908. The van der Waals surface area contributed by atoms with E-state index in [4.69, 9.17) is 5.73 Å². The second-order valence-corrected chi connectivity index (χ2v) is 5.48. The zero-order valence-electron chi connectivity index (χ0n) is 10.3. The van der Waals surface area contributed by atoms with Gasteiger partial charge in [0, 0.05) is 33.5 Å². The lowest BCUT2D eigenvalue weighted by molar-refractivity contribution is 0.0989. The van der Waals surface area contributed by atoms with Crippen molar-refractivity contribution in [3.63, 3.8) is 0 Å². The van der Waals surface area contributed by atoms with E-state index in [1.807, 2.05) is 42.5 Å². The maximum atomic E-state index is 12.5. The van der Waals surface area contributed by atoms with Gasteiger partial charge in [-0.3, -0.25) is 4.79 Å². The molecule has 0 saturated heterocycles. The Bertz CT molecular complexity index is 654. The predicted octanol–water partition coefficient (Wildman–Crippen LogP) is 3.23. The summed E-state index contributed by atoms with van der Waals surface area (Å²) in [5.41, 5.74) is 9.41. The highest BCUT2D eigenvalue weighted by atomic mass is 79.9. The number of anilines is 2. The van der Waals surface area contributed by atoms with Crippen molar-refractivity contribution in [2.24, 2.45) is 0 Å². The lowest BCUT2D eigenvalue weighted by Crippen LogP contribution is -2.28. The first-order valence-electron chi connectivity index (χ1n) is 6.11. The van der Waals surface area contributed by atoms with E-state index in [1.54, 1.807) is 4.90 Å². The van der Waals surface area contributed by atoms with E-state index in [9.17, 15) is 4.79 Å². The average Bonchev–Trinajstić information content (AvgIpc) is 2.83. The largest absolute Gasteiger partial charge is 0.398 e. The number of carbonyl (C=O) groups excluding carboxylic acids is 1. The van der Waals surface area contributed by atoms with Crippen molar-refractivity contribution in [2.75, 3.05) is 17.2 Å². The van der Waals surface area contributed by atoms with Crippen molar-refractivity contribution in [3.8, 4) is 0 Å². The summed E-state index contributed by atoms with van der Waals surface area (Å²) in [4.78, 5) is 14.3. The van der Waals surface area contributed by atoms with E-state index < -0.39 is 0 Å². The fraction of sp³-hybridized carbons (Fsp3) is 0.133. The molecule has 0 aromatic heterocycles. The fourth-order valence-corrected chi connectivity index (χ4v) is 2.85. The molecule has 0 saturated carbocycles. The van der Waals surface area contributed by atoms with Gasteiger partial charge >= 0.3 is 0 Å². The maximum Gasteiger partial charge on any atom is 0.258 e. The predicted molar refractivity (Wildman–Crippen MR) is 80.4 cm³/mol. The van der Waals surface area contributed by atoms with Crippen LogP contribution in [0.15, 0.2) is 46.9 Å². The molecule has 3 nitrogen and oxygen atoms in total. The first-order chi connectivity index (χ1) is 9.16. The van der Waals surface area contributed by atoms with Crippen molar-refractivity contribution in [1.82, 2.24) is 0 Å². The van der Waals surface area contributed by atoms with Gasteiger partial charge in [-0.25, -0.2) is 0 Å². The summed E-state index contributed by atoms with van der Waals surface area (Å²) in [7, 11) is 0. The minimum absolute atomic E-state index is 0.0191. The van der Waals surface area contributed by atoms with Crippen molar-refractivity contribution >= 4 is 33.2 Å². The Labute approximate surface area is 120 Å². The normalized spacial score (nSPS) is 13.4. The van der Waals surface area contributed by atoms with E-state index in [-0.39, 0.29) is 5.91 Å². The van der Waals surface area contributed by atoms with E-state index >= 15 is 0 Å². The molecule has 1 amide bonds. The molecule has 4 heteroatoms. The Hall–Kier alpha value is -1.81. The molecule has 0 unspecified atom stereocenters. The van der Waals surface area contributed by atoms with Gasteiger partial charge in [0.25, 0.3) is 5.91 Å². The zero-order valence-corrected chi connectivity index (χ0v) is 11.9. The average molecular weight is 317 g/mol. The van der Waals surface area contributed by atoms with Gasteiger partial charge in [-0.05, 0) is 36.8 Å². The Balaban J connectivity index is 1.98. The van der Waals surface area contributed by atoms with Crippen LogP contribution in [0.5, 0.6) is 0 Å². The minimum Gasteiger partial charge on any atom is -0.398 e. The smallest absolute Gasteiger partial charge is 0.258 e. The SMILES string of the molecule is Nc1cccc2c1CCN2C(=O)c1cccc(Br)c1. The number of benzene rings is 2. The number of nitrogens with two attached hydrogens (primary N) is 1. The lowest BCUT2D eigenvalue weighted by Gasteiger charge is -2.17. The zero-order chi connectivity index (χ0) is 13.4. The highest BCUT2D eigenvalue weighted by molar-refractivity contribution is 9.10. The summed E-state index contributed by atoms with van der Waals surface area (Å²) in [5.74, 6) is 0.0191. The lowest BCUT2D eigenvalue weighted by atomic mass is 10.1. The summed E-state index contributed by atoms with van der Waals surface area (Å²) in [6, 6.07) is 13.2. The quantitative estimate of drug-likeness (QED) is 0.821. The van der Waals surface area contributed by atoms with Crippen molar-refractivity contribution < 1.29 is 4.79 Å². The number of nitrogens with zero attached hydrogens (tertiary/aromatic N) is 1. The first-order valence-corrected chi connectivity index (χ1v) is 6.91. The van der Waals surface area contributed by atoms with Crippen molar-refractivity contribution in [1.29, 1.82) is 0 Å². The van der Waals surface area contributed by atoms with Crippen molar-refractivity contribution in [3.05, 3.63) is 58.1 Å². The molecule has 96 valence electrons. The summed E-state index contributed by atoms with van der Waals surface area (Å²) in [5, 5.41) is 0. The van der Waals surface area contributed by atoms with Gasteiger partial charge < -0.3 is 10.6 Å². The number of carbonyl (C=O) groups is 1. The van der Waals surface area contributed by atoms with E-state index in [2.05, 4.69) is 15.9 Å². The number of nitrogen functional groups attached to an aromatic ring is 1. The second-order valence-electron chi connectivity index (χ2n) is 4.56. The van der Waals surface area contributed by atoms with E-state index in [0.717, 1.165) is 27.8 Å². The number of amides is 1. The number of halogens is 1. The van der Waals surface area contributed by atoms with Crippen LogP contribution in [0.4, 0.5) is 11.4 Å². The molecule has 0 atom stereocenters. The van der Waals surface area contributed by atoms with Gasteiger partial charge in [0.05, 0.1) is 0 Å². The summed E-state index contributed by atoms with van der Waals surface area (Å²) in [6.45, 7) is 0.689. The van der Waals surface area contributed by atoms with Crippen LogP contribution in [-0.2, 0) is 6.42 Å². The van der Waals surface area contributed by atoms with Crippen LogP contribution in [0.25, 0.3) is 0 Å². The van der Waals surface area contributed by atoms with Gasteiger partial charge in [-0.2, -0.15) is 0 Å². The fourth-order valence-electron chi connectivity index (χ4n) is 2.45. The topological polar surface area (TPSA) is 46.3 Å². The third-order valence-corrected chi connectivity index (χ3v) is 3.87. The molecule has 0 aliphatic carbocycles. The molecule has 0 bridgehead atoms. The van der Waals surface area contributed by atoms with Gasteiger partial charge in [0.1, 0.15) is 0 Å². The molecule has 1 heterocycles. The summed E-state index contributed by atoms with van der Waals surface area (Å²) in [6.07, 6.45) is 0.821. The monoisotopic (exact) mass is 316 g/mol.